The Kier molecular flexibility index (Phi) is 3.74. The highest BCUT2D eigenvalue weighted by molar-refractivity contribution is 5.00. The molecular weight excluding hydrogens is 162 g/mol. The first-order valence-corrected chi connectivity index (χ1v) is 5.13. The second-order valence-corrected chi connectivity index (χ2v) is 4.30. The van der Waals surface area contributed by atoms with Crippen molar-refractivity contribution in [2.24, 2.45) is 11.3 Å². The van der Waals surface area contributed by atoms with Gasteiger partial charge in [-0.05, 0) is 25.7 Å². The summed E-state index contributed by atoms with van der Waals surface area (Å²) in [6.45, 7) is 2.61. The molecule has 0 bridgehead atoms. The third-order valence-corrected chi connectivity index (χ3v) is 3.21. The van der Waals surface area contributed by atoms with E-state index in [-0.39, 0.29) is 5.41 Å². The largest absolute Gasteiger partial charge is 0.383 e. The van der Waals surface area contributed by atoms with Gasteiger partial charge in [-0.2, -0.15) is 5.26 Å². The Labute approximate surface area is 80.9 Å². The van der Waals surface area contributed by atoms with Crippen LogP contribution in [0.4, 0.5) is 0 Å². The maximum absolute atomic E-state index is 9.14. The van der Waals surface area contributed by atoms with Gasteiger partial charge in [0.1, 0.15) is 0 Å². The molecule has 2 heteroatoms. The molecule has 1 aliphatic rings. The Morgan fingerprint density at radius 1 is 1.38 bits per heavy atom. The highest BCUT2D eigenvalue weighted by Crippen LogP contribution is 2.38. The van der Waals surface area contributed by atoms with Gasteiger partial charge in [0.15, 0.2) is 0 Å². The molecule has 1 unspecified atom stereocenters. The summed E-state index contributed by atoms with van der Waals surface area (Å²) in [7, 11) is 1.68. The third kappa shape index (κ3) is 2.45. The molecule has 0 aromatic carbocycles. The molecule has 1 saturated carbocycles. The lowest BCUT2D eigenvalue weighted by Gasteiger charge is -2.33. The van der Waals surface area contributed by atoms with Crippen LogP contribution >= 0.6 is 0 Å². The van der Waals surface area contributed by atoms with Crippen LogP contribution < -0.4 is 0 Å². The number of nitrogens with zero attached hydrogens (tertiary/aromatic N) is 1. The molecule has 0 amide bonds. The van der Waals surface area contributed by atoms with Gasteiger partial charge in [0.2, 0.25) is 0 Å². The maximum Gasteiger partial charge on any atom is 0.0806 e. The van der Waals surface area contributed by atoms with Gasteiger partial charge in [0.25, 0.3) is 0 Å². The molecule has 0 spiro atoms. The SMILES string of the molecule is COCC(C)(C#N)C1CCCCC1. The zero-order chi connectivity index (χ0) is 9.73. The average molecular weight is 181 g/mol. The molecule has 0 saturated heterocycles. The van der Waals surface area contributed by atoms with Gasteiger partial charge in [-0.1, -0.05) is 19.3 Å². The molecule has 1 fully saturated rings. The van der Waals surface area contributed by atoms with Gasteiger partial charge in [0.05, 0.1) is 18.1 Å². The van der Waals surface area contributed by atoms with E-state index >= 15 is 0 Å². The molecule has 0 aromatic rings. The zero-order valence-electron chi connectivity index (χ0n) is 8.68. The summed E-state index contributed by atoms with van der Waals surface area (Å²) < 4.78 is 5.13. The summed E-state index contributed by atoms with van der Waals surface area (Å²) in [5.41, 5.74) is -0.255. The van der Waals surface area contributed by atoms with Crippen molar-refractivity contribution >= 4 is 0 Å². The van der Waals surface area contributed by atoms with E-state index in [1.54, 1.807) is 7.11 Å². The summed E-state index contributed by atoms with van der Waals surface area (Å²) in [5, 5.41) is 9.14. The molecule has 2 nitrogen and oxygen atoms in total. The molecule has 0 radical (unpaired) electrons. The van der Waals surface area contributed by atoms with Crippen LogP contribution in [-0.4, -0.2) is 13.7 Å². The van der Waals surface area contributed by atoms with Gasteiger partial charge in [-0.3, -0.25) is 0 Å². The van der Waals surface area contributed by atoms with Crippen LogP contribution in [0, 0.1) is 22.7 Å². The maximum atomic E-state index is 9.14. The number of hydrogen-bond acceptors (Lipinski definition) is 2. The fourth-order valence-electron chi connectivity index (χ4n) is 2.28. The fourth-order valence-corrected chi connectivity index (χ4v) is 2.28. The van der Waals surface area contributed by atoms with Crippen molar-refractivity contribution in [3.05, 3.63) is 0 Å². The lowest BCUT2D eigenvalue weighted by atomic mass is 9.71. The van der Waals surface area contributed by atoms with Gasteiger partial charge < -0.3 is 4.74 Å². The van der Waals surface area contributed by atoms with Crippen molar-refractivity contribution < 1.29 is 4.74 Å². The predicted molar refractivity (Wildman–Crippen MR) is 52.2 cm³/mol. The minimum Gasteiger partial charge on any atom is -0.383 e. The molecule has 0 heterocycles. The van der Waals surface area contributed by atoms with Crippen LogP contribution in [-0.2, 0) is 4.74 Å². The molecule has 0 N–H and O–H groups in total. The number of rotatable bonds is 3. The van der Waals surface area contributed by atoms with Crippen LogP contribution in [0.5, 0.6) is 0 Å². The number of nitriles is 1. The van der Waals surface area contributed by atoms with E-state index in [0.29, 0.717) is 12.5 Å². The summed E-state index contributed by atoms with van der Waals surface area (Å²) in [4.78, 5) is 0. The van der Waals surface area contributed by atoms with Crippen molar-refractivity contribution in [1.29, 1.82) is 5.26 Å². The van der Waals surface area contributed by atoms with E-state index in [9.17, 15) is 0 Å². The number of hydrogen-bond donors (Lipinski definition) is 0. The Balaban J connectivity index is 2.58. The molecule has 13 heavy (non-hydrogen) atoms. The monoisotopic (exact) mass is 181 g/mol. The van der Waals surface area contributed by atoms with Gasteiger partial charge in [-0.15, -0.1) is 0 Å². The fraction of sp³-hybridized carbons (Fsp3) is 0.909. The molecule has 1 rings (SSSR count). The van der Waals surface area contributed by atoms with Crippen molar-refractivity contribution in [3.63, 3.8) is 0 Å². The van der Waals surface area contributed by atoms with Crippen LogP contribution in [0.25, 0.3) is 0 Å². The van der Waals surface area contributed by atoms with Gasteiger partial charge in [0, 0.05) is 7.11 Å². The first-order valence-electron chi connectivity index (χ1n) is 5.13. The van der Waals surface area contributed by atoms with Crippen LogP contribution in [0.2, 0.25) is 0 Å². The third-order valence-electron chi connectivity index (χ3n) is 3.21. The lowest BCUT2D eigenvalue weighted by molar-refractivity contribution is 0.0698. The average Bonchev–Trinajstić information content (AvgIpc) is 2.19. The topological polar surface area (TPSA) is 33.0 Å². The quantitative estimate of drug-likeness (QED) is 0.670. The highest BCUT2D eigenvalue weighted by atomic mass is 16.5. The predicted octanol–water partition coefficient (Wildman–Crippen LogP) is 2.74. The second-order valence-electron chi connectivity index (χ2n) is 4.30. The summed E-state index contributed by atoms with van der Waals surface area (Å²) in [6, 6.07) is 2.42. The molecule has 0 aliphatic heterocycles. The van der Waals surface area contributed by atoms with Crippen LogP contribution in [0.15, 0.2) is 0 Å². The van der Waals surface area contributed by atoms with Crippen LogP contribution in [0.1, 0.15) is 39.0 Å². The van der Waals surface area contributed by atoms with Crippen molar-refractivity contribution in [1.82, 2.24) is 0 Å². The minimum atomic E-state index is -0.255. The molecule has 1 atom stereocenters. The Morgan fingerprint density at radius 3 is 2.46 bits per heavy atom. The van der Waals surface area contributed by atoms with E-state index in [1.807, 2.05) is 6.92 Å². The van der Waals surface area contributed by atoms with Crippen LogP contribution in [0.3, 0.4) is 0 Å². The van der Waals surface area contributed by atoms with Crippen molar-refractivity contribution in [2.75, 3.05) is 13.7 Å². The second kappa shape index (κ2) is 4.62. The van der Waals surface area contributed by atoms with Gasteiger partial charge in [-0.25, -0.2) is 0 Å². The number of ether oxygens (including phenoxy) is 1. The van der Waals surface area contributed by atoms with E-state index in [1.165, 1.54) is 32.1 Å². The standard InChI is InChI=1S/C11H19NO/c1-11(8-12,9-13-2)10-6-4-3-5-7-10/h10H,3-7,9H2,1-2H3. The van der Waals surface area contributed by atoms with E-state index in [4.69, 9.17) is 10.00 Å². The molecular formula is C11H19NO. The van der Waals surface area contributed by atoms with Gasteiger partial charge >= 0.3 is 0 Å². The Bertz CT molecular complexity index is 191. The molecule has 74 valence electrons. The van der Waals surface area contributed by atoms with E-state index in [0.717, 1.165) is 0 Å². The molecule has 0 aromatic heterocycles. The first-order chi connectivity index (χ1) is 6.23. The first kappa shape index (κ1) is 10.5. The van der Waals surface area contributed by atoms with Crippen molar-refractivity contribution in [3.8, 4) is 6.07 Å². The Hall–Kier alpha value is -0.550. The van der Waals surface area contributed by atoms with E-state index < -0.39 is 0 Å². The highest BCUT2D eigenvalue weighted by Gasteiger charge is 2.34. The van der Waals surface area contributed by atoms with E-state index in [2.05, 4.69) is 6.07 Å². The lowest BCUT2D eigenvalue weighted by Crippen LogP contribution is -2.32. The zero-order valence-corrected chi connectivity index (χ0v) is 8.68. The van der Waals surface area contributed by atoms with Crippen molar-refractivity contribution in [2.45, 2.75) is 39.0 Å². The Morgan fingerprint density at radius 2 is 2.00 bits per heavy atom. The smallest absolute Gasteiger partial charge is 0.0806 e. The molecule has 1 aliphatic carbocycles. The summed E-state index contributed by atoms with van der Waals surface area (Å²) >= 11 is 0. The number of methoxy groups -OCH3 is 1. The summed E-state index contributed by atoms with van der Waals surface area (Å²) in [6.07, 6.45) is 6.31. The minimum absolute atomic E-state index is 0.255. The summed E-state index contributed by atoms with van der Waals surface area (Å²) in [5.74, 6) is 0.547. The normalized spacial score (nSPS) is 23.5.